The fourth-order valence-corrected chi connectivity index (χ4v) is 3.36. The summed E-state index contributed by atoms with van der Waals surface area (Å²) in [7, 11) is 0. The van der Waals surface area contributed by atoms with Crippen molar-refractivity contribution in [1.82, 2.24) is 15.1 Å². The summed E-state index contributed by atoms with van der Waals surface area (Å²) in [4.78, 5) is 14.7. The summed E-state index contributed by atoms with van der Waals surface area (Å²) in [6.45, 7) is 3.43. The molecule has 120 valence electrons. The van der Waals surface area contributed by atoms with Crippen molar-refractivity contribution in [3.63, 3.8) is 0 Å². The first kappa shape index (κ1) is 14.3. The number of aromatic nitrogens is 2. The molecule has 2 aliphatic heterocycles. The second-order valence-electron chi connectivity index (χ2n) is 6.11. The fraction of sp³-hybridized carbons (Fsp3) is 0.412. The second-order valence-corrected chi connectivity index (χ2v) is 6.11. The molecule has 2 N–H and O–H groups in total. The molecular weight excluding hydrogens is 290 g/mol. The van der Waals surface area contributed by atoms with E-state index in [4.69, 9.17) is 0 Å². The van der Waals surface area contributed by atoms with Gasteiger partial charge in [-0.1, -0.05) is 12.1 Å². The number of para-hydroxylation sites is 2. The Labute approximate surface area is 135 Å². The van der Waals surface area contributed by atoms with Crippen molar-refractivity contribution in [1.29, 1.82) is 0 Å². The Bertz CT molecular complexity index is 705. The lowest BCUT2D eigenvalue weighted by molar-refractivity contribution is 0.0987. The van der Waals surface area contributed by atoms with Gasteiger partial charge in [-0.05, 0) is 31.5 Å². The van der Waals surface area contributed by atoms with Crippen LogP contribution in [0.15, 0.2) is 36.7 Å². The zero-order valence-corrected chi connectivity index (χ0v) is 13.0. The van der Waals surface area contributed by atoms with Crippen LogP contribution < -0.4 is 15.5 Å². The van der Waals surface area contributed by atoms with Crippen LogP contribution in [0.25, 0.3) is 0 Å². The van der Waals surface area contributed by atoms with Gasteiger partial charge in [-0.25, -0.2) is 0 Å². The summed E-state index contributed by atoms with van der Waals surface area (Å²) in [6.07, 6.45) is 5.85. The van der Waals surface area contributed by atoms with Gasteiger partial charge >= 0.3 is 0 Å². The number of amides is 1. The monoisotopic (exact) mass is 311 g/mol. The number of anilines is 2. The Kier molecular flexibility index (Phi) is 3.75. The van der Waals surface area contributed by atoms with Crippen LogP contribution in [0, 0.1) is 0 Å². The largest absolute Gasteiger partial charge is 0.382 e. The number of carbonyl (C=O) groups is 1. The number of nitrogens with zero attached hydrogens (tertiary/aromatic N) is 3. The average Bonchev–Trinajstić information content (AvgIpc) is 3.11. The van der Waals surface area contributed by atoms with E-state index >= 15 is 0 Å². The molecule has 0 spiro atoms. The molecular formula is C17H21N5O. The Morgan fingerprint density at radius 2 is 2.17 bits per heavy atom. The summed E-state index contributed by atoms with van der Waals surface area (Å²) in [5, 5.41) is 11.1. The van der Waals surface area contributed by atoms with Crippen LogP contribution in [0.2, 0.25) is 0 Å². The van der Waals surface area contributed by atoms with Crippen molar-refractivity contribution < 1.29 is 4.79 Å². The van der Waals surface area contributed by atoms with E-state index in [1.54, 1.807) is 6.20 Å². The SMILES string of the molecule is O=C(c1cnn(C2CCCNC2)c1)N1CCNc2ccccc21. The maximum atomic E-state index is 12.9. The number of hydrogen-bond donors (Lipinski definition) is 2. The summed E-state index contributed by atoms with van der Waals surface area (Å²) < 4.78 is 1.94. The molecule has 0 saturated carbocycles. The molecule has 2 aromatic rings. The third-order valence-corrected chi connectivity index (χ3v) is 4.58. The molecule has 23 heavy (non-hydrogen) atoms. The topological polar surface area (TPSA) is 62.2 Å². The van der Waals surface area contributed by atoms with Gasteiger partial charge in [0.25, 0.3) is 5.91 Å². The van der Waals surface area contributed by atoms with Crippen LogP contribution in [0.3, 0.4) is 0 Å². The first-order valence-corrected chi connectivity index (χ1v) is 8.22. The van der Waals surface area contributed by atoms with Crippen molar-refractivity contribution in [3.05, 3.63) is 42.2 Å². The molecule has 1 amide bonds. The number of hydrogen-bond acceptors (Lipinski definition) is 4. The Hall–Kier alpha value is -2.34. The third-order valence-electron chi connectivity index (χ3n) is 4.58. The molecule has 2 aliphatic rings. The highest BCUT2D eigenvalue weighted by molar-refractivity contribution is 6.08. The zero-order chi connectivity index (χ0) is 15.6. The van der Waals surface area contributed by atoms with Crippen LogP contribution in [0.4, 0.5) is 11.4 Å². The van der Waals surface area contributed by atoms with Crippen LogP contribution in [0.1, 0.15) is 29.2 Å². The highest BCUT2D eigenvalue weighted by Crippen LogP contribution is 2.29. The first-order chi connectivity index (χ1) is 11.3. The van der Waals surface area contributed by atoms with Crippen LogP contribution >= 0.6 is 0 Å². The van der Waals surface area contributed by atoms with Crippen molar-refractivity contribution in [2.45, 2.75) is 18.9 Å². The van der Waals surface area contributed by atoms with Crippen molar-refractivity contribution in [2.75, 3.05) is 36.4 Å². The van der Waals surface area contributed by atoms with Gasteiger partial charge in [0.05, 0.1) is 29.2 Å². The van der Waals surface area contributed by atoms with Gasteiger partial charge < -0.3 is 15.5 Å². The van der Waals surface area contributed by atoms with Crippen LogP contribution in [-0.2, 0) is 0 Å². The molecule has 1 atom stereocenters. The normalized spacial score (nSPS) is 20.7. The third kappa shape index (κ3) is 2.70. The Balaban J connectivity index is 1.57. The van der Waals surface area contributed by atoms with Crippen LogP contribution in [0.5, 0.6) is 0 Å². The Morgan fingerprint density at radius 1 is 1.26 bits per heavy atom. The maximum absolute atomic E-state index is 12.9. The highest BCUT2D eigenvalue weighted by atomic mass is 16.2. The smallest absolute Gasteiger partial charge is 0.261 e. The zero-order valence-electron chi connectivity index (χ0n) is 13.0. The van der Waals surface area contributed by atoms with Gasteiger partial charge in [0.2, 0.25) is 0 Å². The standard InChI is InChI=1S/C17H21N5O/c23-17(21-9-8-19-15-5-1-2-6-16(15)21)13-10-20-22(12-13)14-4-3-7-18-11-14/h1-2,5-6,10,12,14,18-19H,3-4,7-9,11H2. The van der Waals surface area contributed by atoms with E-state index in [-0.39, 0.29) is 5.91 Å². The average molecular weight is 311 g/mol. The van der Waals surface area contributed by atoms with E-state index in [0.29, 0.717) is 18.2 Å². The lowest BCUT2D eigenvalue weighted by Crippen LogP contribution is -2.38. The predicted octanol–water partition coefficient (Wildman–Crippen LogP) is 1.88. The summed E-state index contributed by atoms with van der Waals surface area (Å²) in [5.41, 5.74) is 2.61. The molecule has 3 heterocycles. The molecule has 6 nitrogen and oxygen atoms in total. The number of rotatable bonds is 2. The van der Waals surface area contributed by atoms with Gasteiger partial charge in [0.15, 0.2) is 0 Å². The van der Waals surface area contributed by atoms with Crippen molar-refractivity contribution >= 4 is 17.3 Å². The second kappa shape index (κ2) is 6.04. The highest BCUT2D eigenvalue weighted by Gasteiger charge is 2.25. The van der Waals surface area contributed by atoms with E-state index in [9.17, 15) is 4.79 Å². The number of benzene rings is 1. The predicted molar refractivity (Wildman–Crippen MR) is 90.0 cm³/mol. The molecule has 1 saturated heterocycles. The van der Waals surface area contributed by atoms with Crippen molar-refractivity contribution in [3.8, 4) is 0 Å². The Morgan fingerprint density at radius 3 is 3.04 bits per heavy atom. The summed E-state index contributed by atoms with van der Waals surface area (Å²) in [6, 6.07) is 8.28. The fourth-order valence-electron chi connectivity index (χ4n) is 3.36. The van der Waals surface area contributed by atoms with Crippen LogP contribution in [-0.4, -0.2) is 41.9 Å². The van der Waals surface area contributed by atoms with E-state index < -0.39 is 0 Å². The summed E-state index contributed by atoms with van der Waals surface area (Å²) in [5.74, 6) is 0.0222. The number of carbonyl (C=O) groups excluding carboxylic acids is 1. The quantitative estimate of drug-likeness (QED) is 0.889. The number of piperidine rings is 1. The molecule has 0 aliphatic carbocycles. The van der Waals surface area contributed by atoms with Crippen molar-refractivity contribution in [2.24, 2.45) is 0 Å². The van der Waals surface area contributed by atoms with Gasteiger partial charge in [-0.3, -0.25) is 9.48 Å². The first-order valence-electron chi connectivity index (χ1n) is 8.22. The number of fused-ring (bicyclic) bond motifs is 1. The molecule has 1 unspecified atom stereocenters. The molecule has 1 aromatic heterocycles. The molecule has 6 heteroatoms. The minimum Gasteiger partial charge on any atom is -0.382 e. The molecule has 0 radical (unpaired) electrons. The van der Waals surface area contributed by atoms with Gasteiger partial charge in [-0.2, -0.15) is 5.10 Å². The van der Waals surface area contributed by atoms with Gasteiger partial charge in [0.1, 0.15) is 0 Å². The lowest BCUT2D eigenvalue weighted by Gasteiger charge is -2.30. The van der Waals surface area contributed by atoms with Gasteiger partial charge in [-0.15, -0.1) is 0 Å². The van der Waals surface area contributed by atoms with E-state index in [1.165, 1.54) is 0 Å². The molecule has 0 bridgehead atoms. The lowest BCUT2D eigenvalue weighted by atomic mass is 10.1. The molecule has 1 fully saturated rings. The minimum absolute atomic E-state index is 0.0222. The van der Waals surface area contributed by atoms with Gasteiger partial charge in [0, 0.05) is 25.8 Å². The van der Waals surface area contributed by atoms with E-state index in [2.05, 4.69) is 15.7 Å². The number of nitrogens with one attached hydrogen (secondary N) is 2. The maximum Gasteiger partial charge on any atom is 0.261 e. The van der Waals surface area contributed by atoms with E-state index in [1.807, 2.05) is 40.0 Å². The summed E-state index contributed by atoms with van der Waals surface area (Å²) >= 11 is 0. The molecule has 4 rings (SSSR count). The minimum atomic E-state index is 0.0222. The van der Waals surface area contributed by atoms with E-state index in [0.717, 1.165) is 43.9 Å². The molecule has 1 aromatic carbocycles.